The van der Waals surface area contributed by atoms with Gasteiger partial charge < -0.3 is 19.5 Å². The van der Waals surface area contributed by atoms with Crippen LogP contribution in [0.25, 0.3) is 0 Å². The van der Waals surface area contributed by atoms with Gasteiger partial charge in [0.15, 0.2) is 23.7 Å². The average molecular weight is 580 g/mol. The summed E-state index contributed by atoms with van der Waals surface area (Å²) in [6.07, 6.45) is -6.08. The van der Waals surface area contributed by atoms with Crippen molar-refractivity contribution in [3.05, 3.63) is 54.1 Å². The van der Waals surface area contributed by atoms with Crippen LogP contribution in [0.1, 0.15) is 46.6 Å². The molecule has 0 bridgehead atoms. The van der Waals surface area contributed by atoms with Gasteiger partial charge in [-0.05, 0) is 30.0 Å². The van der Waals surface area contributed by atoms with Crippen LogP contribution in [0.2, 0.25) is 0 Å². The minimum absolute atomic E-state index is 0.0228. The van der Waals surface area contributed by atoms with Gasteiger partial charge in [0.05, 0.1) is 13.2 Å². The molecule has 2 atom stereocenters. The van der Waals surface area contributed by atoms with Crippen molar-refractivity contribution < 1.29 is 47.1 Å². The molecule has 3 rings (SSSR count). The van der Waals surface area contributed by atoms with Gasteiger partial charge in [-0.25, -0.2) is 11.0 Å². The summed E-state index contributed by atoms with van der Waals surface area (Å²) in [5.74, 6) is -2.35. The lowest BCUT2D eigenvalue weighted by Crippen LogP contribution is -2.47. The Hall–Kier alpha value is -3.81. The predicted octanol–water partition coefficient (Wildman–Crippen LogP) is 4.09. The second kappa shape index (κ2) is 13.7. The van der Waals surface area contributed by atoms with E-state index in [9.17, 15) is 23.2 Å². The molecule has 2 aromatic carbocycles. The van der Waals surface area contributed by atoms with Gasteiger partial charge in [0.1, 0.15) is 0 Å². The average Bonchev–Trinajstić information content (AvgIpc) is 3.20. The molecule has 3 N–H and O–H groups in total. The number of carbonyl (C=O) groups is 3. The topological polar surface area (TPSA) is 133 Å². The monoisotopic (exact) mass is 579 g/mol. The number of ether oxygens (including phenoxy) is 3. The molecule has 0 aromatic heterocycles. The Morgan fingerprint density at radius 1 is 0.902 bits per heavy atom. The molecule has 0 saturated heterocycles. The number of hydrogen-bond donors (Lipinski definition) is 3. The van der Waals surface area contributed by atoms with Crippen molar-refractivity contribution >= 4 is 23.4 Å². The van der Waals surface area contributed by atoms with E-state index in [1.54, 1.807) is 20.8 Å². The van der Waals surface area contributed by atoms with Gasteiger partial charge in [-0.1, -0.05) is 65.0 Å². The minimum atomic E-state index is -3.80. The van der Waals surface area contributed by atoms with Crippen LogP contribution in [0.5, 0.6) is 11.5 Å². The van der Waals surface area contributed by atoms with Crippen molar-refractivity contribution in [2.75, 3.05) is 11.9 Å². The molecule has 13 heteroatoms. The molecule has 0 radical (unpaired) electrons. The fraction of sp³-hybridized carbons (Fsp3) is 0.464. The molecule has 0 unspecified atom stereocenters. The van der Waals surface area contributed by atoms with Gasteiger partial charge in [-0.15, -0.1) is 8.78 Å². The van der Waals surface area contributed by atoms with Crippen molar-refractivity contribution in [1.29, 1.82) is 0 Å². The first-order chi connectivity index (χ1) is 19.2. The summed E-state index contributed by atoms with van der Waals surface area (Å²) in [6, 6.07) is 13.0. The molecule has 0 spiro atoms. The Balaban J connectivity index is 1.63. The summed E-state index contributed by atoms with van der Waals surface area (Å²) in [5.41, 5.74) is 4.71. The number of amides is 3. The van der Waals surface area contributed by atoms with Crippen molar-refractivity contribution in [1.82, 2.24) is 11.0 Å². The van der Waals surface area contributed by atoms with Gasteiger partial charge in [-0.2, -0.15) is 0 Å². The highest BCUT2D eigenvalue weighted by atomic mass is 19.3. The minimum Gasteiger partial charge on any atom is -0.395 e. The SMILES string of the molecule is CC(C)C[C@H](ONC(=O)[C@@H](COCc1ccccc1)ONC(=O)C(C)(C)C)C(=O)Nc1ccc2c(c1)OC(F)(F)O2. The van der Waals surface area contributed by atoms with E-state index in [4.69, 9.17) is 14.4 Å². The number of alkyl halides is 2. The van der Waals surface area contributed by atoms with Gasteiger partial charge in [0, 0.05) is 17.2 Å². The number of hydroxylamine groups is 2. The third kappa shape index (κ3) is 9.95. The van der Waals surface area contributed by atoms with Crippen molar-refractivity contribution in [2.24, 2.45) is 11.3 Å². The molecule has 0 fully saturated rings. The van der Waals surface area contributed by atoms with E-state index in [2.05, 4.69) is 25.8 Å². The van der Waals surface area contributed by atoms with Gasteiger partial charge >= 0.3 is 6.29 Å². The lowest BCUT2D eigenvalue weighted by molar-refractivity contribution is -0.286. The number of carbonyl (C=O) groups excluding carboxylic acids is 3. The van der Waals surface area contributed by atoms with E-state index in [-0.39, 0.29) is 42.7 Å². The van der Waals surface area contributed by atoms with Crippen LogP contribution in [-0.2, 0) is 35.4 Å². The Bertz CT molecular complexity index is 1200. The summed E-state index contributed by atoms with van der Waals surface area (Å²) < 4.78 is 41.1. The maximum Gasteiger partial charge on any atom is 0.586 e. The van der Waals surface area contributed by atoms with Crippen molar-refractivity contribution in [2.45, 2.75) is 66.1 Å². The fourth-order valence-corrected chi connectivity index (χ4v) is 3.38. The normalized spacial score (nSPS) is 15.2. The third-order valence-electron chi connectivity index (χ3n) is 5.60. The summed E-state index contributed by atoms with van der Waals surface area (Å²) in [7, 11) is 0. The van der Waals surface area contributed by atoms with E-state index in [1.165, 1.54) is 18.2 Å². The third-order valence-corrected chi connectivity index (χ3v) is 5.60. The van der Waals surface area contributed by atoms with Crippen LogP contribution in [0.3, 0.4) is 0 Å². The fourth-order valence-electron chi connectivity index (χ4n) is 3.38. The zero-order valence-corrected chi connectivity index (χ0v) is 23.5. The molecule has 3 amide bonds. The first-order valence-electron chi connectivity index (χ1n) is 13.0. The molecule has 224 valence electrons. The summed E-state index contributed by atoms with van der Waals surface area (Å²) in [4.78, 5) is 49.1. The van der Waals surface area contributed by atoms with E-state index in [1.807, 2.05) is 44.2 Å². The van der Waals surface area contributed by atoms with Crippen LogP contribution in [0.4, 0.5) is 14.5 Å². The highest BCUT2D eigenvalue weighted by Crippen LogP contribution is 2.42. The molecule has 1 aliphatic heterocycles. The molecular formula is C28H35F2N3O8. The Morgan fingerprint density at radius 3 is 2.22 bits per heavy atom. The largest absolute Gasteiger partial charge is 0.586 e. The molecule has 11 nitrogen and oxygen atoms in total. The number of fused-ring (bicyclic) bond motifs is 1. The van der Waals surface area contributed by atoms with Gasteiger partial charge in [-0.3, -0.25) is 24.1 Å². The highest BCUT2D eigenvalue weighted by Gasteiger charge is 2.43. The van der Waals surface area contributed by atoms with Crippen molar-refractivity contribution in [3.8, 4) is 11.5 Å². The molecule has 0 saturated carbocycles. The van der Waals surface area contributed by atoms with E-state index in [0.717, 1.165) is 5.56 Å². The van der Waals surface area contributed by atoms with Crippen LogP contribution in [0.15, 0.2) is 48.5 Å². The predicted molar refractivity (Wildman–Crippen MR) is 142 cm³/mol. The van der Waals surface area contributed by atoms with Crippen LogP contribution in [-0.4, -0.2) is 42.8 Å². The maximum atomic E-state index is 13.3. The number of halogens is 2. The summed E-state index contributed by atoms with van der Waals surface area (Å²) in [5, 5.41) is 2.56. The molecular weight excluding hydrogens is 544 g/mol. The zero-order chi connectivity index (χ0) is 30.2. The molecule has 0 aliphatic carbocycles. The number of hydrogen-bond acceptors (Lipinski definition) is 8. The van der Waals surface area contributed by atoms with Gasteiger partial charge in [0.25, 0.3) is 11.8 Å². The van der Waals surface area contributed by atoms with Gasteiger partial charge in [0.2, 0.25) is 5.91 Å². The number of benzene rings is 2. The van der Waals surface area contributed by atoms with Crippen LogP contribution >= 0.6 is 0 Å². The Morgan fingerprint density at radius 2 is 1.56 bits per heavy atom. The smallest absolute Gasteiger partial charge is 0.395 e. The van der Waals surface area contributed by atoms with E-state index >= 15 is 0 Å². The first kappa shape index (κ1) is 31.7. The number of rotatable bonds is 13. The summed E-state index contributed by atoms with van der Waals surface area (Å²) in [6.45, 7) is 8.67. The lowest BCUT2D eigenvalue weighted by atomic mass is 9.96. The Labute approximate surface area is 236 Å². The molecule has 1 heterocycles. The molecule has 2 aromatic rings. The quantitative estimate of drug-likeness (QED) is 0.302. The number of nitrogens with one attached hydrogen (secondary N) is 3. The second-order valence-electron chi connectivity index (χ2n) is 10.8. The van der Waals surface area contributed by atoms with Crippen LogP contribution in [0, 0.1) is 11.3 Å². The maximum absolute atomic E-state index is 13.3. The number of anilines is 1. The van der Waals surface area contributed by atoms with E-state index < -0.39 is 41.6 Å². The van der Waals surface area contributed by atoms with Crippen LogP contribution < -0.4 is 25.8 Å². The second-order valence-corrected chi connectivity index (χ2v) is 10.8. The van der Waals surface area contributed by atoms with Crippen molar-refractivity contribution in [3.63, 3.8) is 0 Å². The molecule has 41 heavy (non-hydrogen) atoms. The standard InChI is InChI=1S/C28H35F2N3O8/c1-17(2)13-22(24(34)31-19-11-12-20-21(14-19)39-28(29,30)38-20)40-32-25(35)23(41-33-26(36)27(3,4)5)16-37-15-18-9-7-6-8-10-18/h6-12,14,17,22-23H,13,15-16H2,1-5H3,(H,31,34)(H,32,35)(H,33,36)/t22-,23+/m0/s1. The zero-order valence-electron chi connectivity index (χ0n) is 23.5. The Kier molecular flexibility index (Phi) is 10.6. The lowest BCUT2D eigenvalue weighted by Gasteiger charge is -2.23. The summed E-state index contributed by atoms with van der Waals surface area (Å²) >= 11 is 0. The molecule has 1 aliphatic rings. The van der Waals surface area contributed by atoms with E-state index in [0.29, 0.717) is 0 Å². The first-order valence-corrected chi connectivity index (χ1v) is 13.0. The highest BCUT2D eigenvalue weighted by molar-refractivity contribution is 5.94.